The van der Waals surface area contributed by atoms with E-state index in [1.165, 1.54) is 7.11 Å². The zero-order chi connectivity index (χ0) is 18.8. The van der Waals surface area contributed by atoms with Gasteiger partial charge in [-0.2, -0.15) is 5.10 Å². The van der Waals surface area contributed by atoms with Gasteiger partial charge in [0, 0.05) is 23.2 Å². The summed E-state index contributed by atoms with van der Waals surface area (Å²) in [7, 11) is 1.40. The highest BCUT2D eigenvalue weighted by Crippen LogP contribution is 2.32. The number of aromatic nitrogens is 3. The maximum absolute atomic E-state index is 11.9. The van der Waals surface area contributed by atoms with E-state index in [9.17, 15) is 4.79 Å². The zero-order valence-electron chi connectivity index (χ0n) is 14.8. The summed E-state index contributed by atoms with van der Waals surface area (Å²) in [5, 5.41) is 6.36. The van der Waals surface area contributed by atoms with Gasteiger partial charge in [0.1, 0.15) is 11.3 Å². The Balaban J connectivity index is 1.84. The molecule has 1 fully saturated rings. The minimum atomic E-state index is -0.265. The summed E-state index contributed by atoms with van der Waals surface area (Å²) in [5.74, 6) is 0.644. The molecule has 1 unspecified atom stereocenters. The lowest BCUT2D eigenvalue weighted by Gasteiger charge is -2.37. The number of pyridine rings is 1. The molecule has 3 aromatic rings. The van der Waals surface area contributed by atoms with Crippen molar-refractivity contribution in [2.75, 3.05) is 31.8 Å². The van der Waals surface area contributed by atoms with Gasteiger partial charge in [-0.3, -0.25) is 9.78 Å². The molecule has 1 aliphatic rings. The minimum Gasteiger partial charge on any atom is -0.469 e. The molecule has 3 heterocycles. The Kier molecular flexibility index (Phi) is 4.96. The Labute approximate surface area is 161 Å². The van der Waals surface area contributed by atoms with Crippen LogP contribution in [0.1, 0.15) is 6.42 Å². The van der Waals surface area contributed by atoms with Gasteiger partial charge in [-0.25, -0.2) is 4.68 Å². The number of carbonyl (C=O) groups excluding carboxylic acids is 1. The van der Waals surface area contributed by atoms with E-state index in [1.807, 2.05) is 35.0 Å². The first-order valence-corrected chi connectivity index (χ1v) is 9.05. The van der Waals surface area contributed by atoms with Crippen LogP contribution in [0.2, 0.25) is 5.02 Å². The first-order valence-electron chi connectivity index (χ1n) is 8.67. The van der Waals surface area contributed by atoms with E-state index in [4.69, 9.17) is 26.2 Å². The number of methoxy groups -OCH3 is 1. The second-order valence-corrected chi connectivity index (χ2v) is 6.74. The molecule has 0 spiro atoms. The van der Waals surface area contributed by atoms with Gasteiger partial charge in [0.15, 0.2) is 0 Å². The topological polar surface area (TPSA) is 69.5 Å². The summed E-state index contributed by atoms with van der Waals surface area (Å²) < 4.78 is 12.4. The molecule has 27 heavy (non-hydrogen) atoms. The van der Waals surface area contributed by atoms with E-state index in [0.29, 0.717) is 24.8 Å². The van der Waals surface area contributed by atoms with E-state index in [-0.39, 0.29) is 18.4 Å². The molecule has 2 aromatic heterocycles. The van der Waals surface area contributed by atoms with Gasteiger partial charge in [-0.15, -0.1) is 0 Å². The molecule has 0 amide bonds. The number of halogens is 1. The van der Waals surface area contributed by atoms with Crippen molar-refractivity contribution in [2.24, 2.45) is 0 Å². The number of hydrogen-bond acceptors (Lipinski definition) is 6. The van der Waals surface area contributed by atoms with Gasteiger partial charge >= 0.3 is 5.97 Å². The van der Waals surface area contributed by atoms with Gasteiger partial charge in [-0.05, 0) is 30.3 Å². The smallest absolute Gasteiger partial charge is 0.307 e. The van der Waals surface area contributed by atoms with Crippen LogP contribution in [0, 0.1) is 0 Å². The molecule has 1 saturated heterocycles. The zero-order valence-corrected chi connectivity index (χ0v) is 15.6. The lowest BCUT2D eigenvalue weighted by atomic mass is 10.1. The number of morpholine rings is 1. The highest BCUT2D eigenvalue weighted by Gasteiger charge is 2.30. The molecule has 0 N–H and O–H groups in total. The number of esters is 1. The van der Waals surface area contributed by atoms with Crippen molar-refractivity contribution < 1.29 is 14.3 Å². The number of rotatable bonds is 4. The van der Waals surface area contributed by atoms with Crippen LogP contribution in [0.3, 0.4) is 0 Å². The van der Waals surface area contributed by atoms with Crippen molar-refractivity contribution in [1.82, 2.24) is 14.8 Å². The molecule has 140 valence electrons. The summed E-state index contributed by atoms with van der Waals surface area (Å²) in [4.78, 5) is 18.3. The largest absolute Gasteiger partial charge is 0.469 e. The van der Waals surface area contributed by atoms with Crippen LogP contribution in [0.4, 0.5) is 5.82 Å². The van der Waals surface area contributed by atoms with Gasteiger partial charge in [0.25, 0.3) is 0 Å². The third-order valence-corrected chi connectivity index (χ3v) is 4.90. The Morgan fingerprint density at radius 3 is 2.93 bits per heavy atom. The molecule has 1 aliphatic heterocycles. The lowest BCUT2D eigenvalue weighted by Crippen LogP contribution is -2.47. The first-order chi connectivity index (χ1) is 13.2. The van der Waals surface area contributed by atoms with Crippen molar-refractivity contribution in [3.8, 4) is 5.69 Å². The van der Waals surface area contributed by atoms with E-state index in [2.05, 4.69) is 9.88 Å². The number of benzene rings is 1. The van der Waals surface area contributed by atoms with Crippen LogP contribution < -0.4 is 4.90 Å². The van der Waals surface area contributed by atoms with Gasteiger partial charge in [0.2, 0.25) is 0 Å². The SMILES string of the molecule is COC(=O)CC1COCCN1c1c2ccncc2nn1-c1ccc(Cl)cc1. The Morgan fingerprint density at radius 2 is 2.15 bits per heavy atom. The van der Waals surface area contributed by atoms with Crippen LogP contribution in [-0.2, 0) is 14.3 Å². The average molecular weight is 387 g/mol. The monoisotopic (exact) mass is 386 g/mol. The van der Waals surface area contributed by atoms with Crippen LogP contribution in [-0.4, -0.2) is 53.6 Å². The normalized spacial score (nSPS) is 17.3. The number of anilines is 1. The van der Waals surface area contributed by atoms with Crippen LogP contribution >= 0.6 is 11.6 Å². The summed E-state index contributed by atoms with van der Waals surface area (Å²) in [6.07, 6.45) is 3.73. The number of nitrogens with zero attached hydrogens (tertiary/aromatic N) is 4. The molecule has 0 saturated carbocycles. The van der Waals surface area contributed by atoms with Crippen LogP contribution in [0.5, 0.6) is 0 Å². The van der Waals surface area contributed by atoms with Crippen molar-refractivity contribution in [2.45, 2.75) is 12.5 Å². The maximum atomic E-state index is 11.9. The Bertz CT molecular complexity index is 957. The highest BCUT2D eigenvalue weighted by atomic mass is 35.5. The van der Waals surface area contributed by atoms with E-state index in [1.54, 1.807) is 12.4 Å². The van der Waals surface area contributed by atoms with Gasteiger partial charge in [0.05, 0.1) is 44.7 Å². The molecule has 0 aliphatic carbocycles. The minimum absolute atomic E-state index is 0.134. The fraction of sp³-hybridized carbons (Fsp3) is 0.316. The summed E-state index contributed by atoms with van der Waals surface area (Å²) >= 11 is 6.04. The number of hydrogen-bond donors (Lipinski definition) is 0. The second-order valence-electron chi connectivity index (χ2n) is 6.31. The van der Waals surface area contributed by atoms with E-state index in [0.717, 1.165) is 22.4 Å². The molecular formula is C19H19ClN4O3. The number of carbonyl (C=O) groups is 1. The average Bonchev–Trinajstić information content (AvgIpc) is 3.08. The van der Waals surface area contributed by atoms with Crippen LogP contribution in [0.15, 0.2) is 42.7 Å². The quantitative estimate of drug-likeness (QED) is 0.642. The number of ether oxygens (including phenoxy) is 2. The fourth-order valence-electron chi connectivity index (χ4n) is 3.34. The van der Waals surface area contributed by atoms with Crippen molar-refractivity contribution in [1.29, 1.82) is 0 Å². The molecule has 0 radical (unpaired) electrons. The fourth-order valence-corrected chi connectivity index (χ4v) is 3.47. The molecular weight excluding hydrogens is 368 g/mol. The lowest BCUT2D eigenvalue weighted by molar-refractivity contribution is -0.141. The predicted molar refractivity (Wildman–Crippen MR) is 102 cm³/mol. The first kappa shape index (κ1) is 17.8. The standard InChI is InChI=1S/C19H19ClN4O3/c1-26-18(25)10-15-12-27-9-8-23(15)19-16-6-7-21-11-17(16)22-24(19)14-4-2-13(20)3-5-14/h2-7,11,15H,8-10,12H2,1H3. The van der Waals surface area contributed by atoms with E-state index >= 15 is 0 Å². The third-order valence-electron chi connectivity index (χ3n) is 4.65. The van der Waals surface area contributed by atoms with Crippen molar-refractivity contribution in [3.05, 3.63) is 47.7 Å². The third kappa shape index (κ3) is 3.48. The van der Waals surface area contributed by atoms with Gasteiger partial charge in [-0.1, -0.05) is 11.6 Å². The molecule has 1 atom stereocenters. The molecule has 0 bridgehead atoms. The van der Waals surface area contributed by atoms with Crippen molar-refractivity contribution in [3.63, 3.8) is 0 Å². The highest BCUT2D eigenvalue weighted by molar-refractivity contribution is 6.30. The predicted octanol–water partition coefficient (Wildman–Crippen LogP) is 2.84. The summed E-state index contributed by atoms with van der Waals surface area (Å²) in [6.45, 7) is 1.68. The molecule has 4 rings (SSSR count). The second kappa shape index (κ2) is 7.54. The summed E-state index contributed by atoms with van der Waals surface area (Å²) in [6, 6.07) is 9.30. The number of fused-ring (bicyclic) bond motifs is 1. The van der Waals surface area contributed by atoms with Crippen molar-refractivity contribution >= 4 is 34.3 Å². The molecule has 1 aromatic carbocycles. The summed E-state index contributed by atoms with van der Waals surface area (Å²) in [5.41, 5.74) is 1.67. The molecule has 7 nitrogen and oxygen atoms in total. The Hall–Kier alpha value is -2.64. The van der Waals surface area contributed by atoms with Gasteiger partial charge < -0.3 is 14.4 Å². The Morgan fingerprint density at radius 1 is 1.33 bits per heavy atom. The van der Waals surface area contributed by atoms with E-state index < -0.39 is 0 Å². The molecule has 8 heteroatoms. The van der Waals surface area contributed by atoms with Crippen LogP contribution in [0.25, 0.3) is 16.6 Å². The maximum Gasteiger partial charge on any atom is 0.307 e.